The molecule has 0 aliphatic rings. The largest absolute Gasteiger partial charge is 0.366 e. The Balaban J connectivity index is 2.30. The van der Waals surface area contributed by atoms with Gasteiger partial charge in [0.05, 0.1) is 12.2 Å². The van der Waals surface area contributed by atoms with Crippen molar-refractivity contribution in [3.8, 4) is 0 Å². The highest BCUT2D eigenvalue weighted by Crippen LogP contribution is 2.35. The quantitative estimate of drug-likeness (QED) is 0.494. The van der Waals surface area contributed by atoms with E-state index in [1.54, 1.807) is 0 Å². The van der Waals surface area contributed by atoms with Crippen LogP contribution in [0.15, 0.2) is 48.5 Å². The van der Waals surface area contributed by atoms with Crippen molar-refractivity contribution in [1.82, 2.24) is 0 Å². The fourth-order valence-electron chi connectivity index (χ4n) is 3.34. The Labute approximate surface area is 154 Å². The Bertz CT molecular complexity index is 599. The molecule has 25 heavy (non-hydrogen) atoms. The molecule has 0 N–H and O–H groups in total. The summed E-state index contributed by atoms with van der Waals surface area (Å²) in [5, 5.41) is 0. The Hall–Kier alpha value is -1.60. The molecule has 0 heterocycles. The van der Waals surface area contributed by atoms with Crippen LogP contribution in [0.2, 0.25) is 0 Å². The Morgan fingerprint density at radius 2 is 1.08 bits per heavy atom. The Morgan fingerprint density at radius 1 is 0.680 bits per heavy atom. The van der Waals surface area contributed by atoms with E-state index in [1.165, 1.54) is 22.3 Å². The summed E-state index contributed by atoms with van der Waals surface area (Å²) < 4.78 is 6.75. The van der Waals surface area contributed by atoms with Gasteiger partial charge in [-0.15, -0.1) is 0 Å². The molecule has 1 nitrogen and oxygen atoms in total. The zero-order valence-electron chi connectivity index (χ0n) is 16.8. The molecule has 0 bridgehead atoms. The van der Waals surface area contributed by atoms with Gasteiger partial charge in [-0.2, -0.15) is 0 Å². The highest BCUT2D eigenvalue weighted by Gasteiger charge is 2.22. The second-order valence-electron chi connectivity index (χ2n) is 8.20. The molecule has 0 spiro atoms. The first kappa shape index (κ1) is 19.7. The van der Waals surface area contributed by atoms with Crippen molar-refractivity contribution in [3.05, 3.63) is 70.8 Å². The number of aryl methyl sites for hydroxylation is 2. The summed E-state index contributed by atoms with van der Waals surface area (Å²) in [5.74, 6) is 1.20. The third kappa shape index (κ3) is 6.32. The lowest BCUT2D eigenvalue weighted by Gasteiger charge is -2.28. The molecule has 2 aromatic rings. The van der Waals surface area contributed by atoms with E-state index in [1.807, 2.05) is 0 Å². The maximum atomic E-state index is 6.75. The Kier molecular flexibility index (Phi) is 7.25. The standard InChI is InChI=1S/C24H34O/c1-17(2)13-23(21-11-7-9-19(5)15-21)25-24(14-18(3)4)22-12-8-10-20(6)16-22/h7-12,15-18,23-24H,13-14H2,1-6H3. The first-order valence-corrected chi connectivity index (χ1v) is 9.63. The highest BCUT2D eigenvalue weighted by molar-refractivity contribution is 5.26. The third-order valence-electron chi connectivity index (χ3n) is 4.53. The molecule has 0 aromatic heterocycles. The lowest BCUT2D eigenvalue weighted by molar-refractivity contribution is -0.0352. The molecule has 0 saturated carbocycles. The van der Waals surface area contributed by atoms with Gasteiger partial charge in [0.2, 0.25) is 0 Å². The summed E-state index contributed by atoms with van der Waals surface area (Å²) in [5.41, 5.74) is 5.20. The molecule has 0 amide bonds. The number of rotatable bonds is 8. The van der Waals surface area contributed by atoms with Crippen molar-refractivity contribution in [2.75, 3.05) is 0 Å². The van der Waals surface area contributed by atoms with Crippen molar-refractivity contribution < 1.29 is 4.74 Å². The first-order chi connectivity index (χ1) is 11.8. The minimum absolute atomic E-state index is 0.143. The fourth-order valence-corrected chi connectivity index (χ4v) is 3.34. The predicted octanol–water partition coefficient (Wildman–Crippen LogP) is 7.19. The predicted molar refractivity (Wildman–Crippen MR) is 108 cm³/mol. The monoisotopic (exact) mass is 338 g/mol. The van der Waals surface area contributed by atoms with E-state index in [9.17, 15) is 0 Å². The molecule has 0 aliphatic carbocycles. The molecule has 136 valence electrons. The van der Waals surface area contributed by atoms with Gasteiger partial charge in [0, 0.05) is 0 Å². The van der Waals surface area contributed by atoms with E-state index in [0.717, 1.165) is 12.8 Å². The van der Waals surface area contributed by atoms with Gasteiger partial charge < -0.3 is 4.74 Å². The zero-order valence-corrected chi connectivity index (χ0v) is 16.8. The summed E-state index contributed by atoms with van der Waals surface area (Å²) in [6.07, 6.45) is 2.38. The van der Waals surface area contributed by atoms with E-state index >= 15 is 0 Å². The van der Waals surface area contributed by atoms with E-state index in [0.29, 0.717) is 11.8 Å². The molecule has 1 heteroatoms. The maximum Gasteiger partial charge on any atom is 0.0835 e. The molecular weight excluding hydrogens is 304 g/mol. The van der Waals surface area contributed by atoms with Crippen molar-refractivity contribution in [3.63, 3.8) is 0 Å². The summed E-state index contributed by atoms with van der Waals surface area (Å²) >= 11 is 0. The summed E-state index contributed by atoms with van der Waals surface area (Å²) in [4.78, 5) is 0. The molecule has 2 rings (SSSR count). The van der Waals surface area contributed by atoms with Crippen LogP contribution in [0.25, 0.3) is 0 Å². The van der Waals surface area contributed by atoms with Crippen molar-refractivity contribution in [2.45, 2.75) is 66.6 Å². The molecule has 0 saturated heterocycles. The maximum absolute atomic E-state index is 6.75. The number of benzene rings is 2. The second-order valence-corrected chi connectivity index (χ2v) is 8.20. The average molecular weight is 339 g/mol. The Morgan fingerprint density at radius 3 is 1.40 bits per heavy atom. The van der Waals surface area contributed by atoms with Crippen LogP contribution < -0.4 is 0 Å². The van der Waals surface area contributed by atoms with Gasteiger partial charge in [-0.1, -0.05) is 87.4 Å². The smallest absolute Gasteiger partial charge is 0.0835 e. The molecular formula is C24H34O. The molecule has 0 fully saturated rings. The summed E-state index contributed by atoms with van der Waals surface area (Å²) in [6.45, 7) is 13.4. The first-order valence-electron chi connectivity index (χ1n) is 9.63. The van der Waals surface area contributed by atoms with E-state index in [4.69, 9.17) is 4.74 Å². The number of hydrogen-bond donors (Lipinski definition) is 0. The zero-order chi connectivity index (χ0) is 18.4. The van der Waals surface area contributed by atoms with Crippen molar-refractivity contribution >= 4 is 0 Å². The van der Waals surface area contributed by atoms with Crippen LogP contribution in [0.4, 0.5) is 0 Å². The molecule has 2 aromatic carbocycles. The number of ether oxygens (including phenoxy) is 1. The second kappa shape index (κ2) is 9.20. The van der Waals surface area contributed by atoms with Crippen molar-refractivity contribution in [2.24, 2.45) is 11.8 Å². The van der Waals surface area contributed by atoms with Crippen LogP contribution in [0, 0.1) is 25.7 Å². The topological polar surface area (TPSA) is 9.23 Å². The van der Waals surface area contributed by atoms with E-state index < -0.39 is 0 Å². The minimum Gasteiger partial charge on any atom is -0.366 e. The van der Waals surface area contributed by atoms with Crippen LogP contribution in [0.3, 0.4) is 0 Å². The lowest BCUT2D eigenvalue weighted by atomic mass is 9.95. The van der Waals surface area contributed by atoms with Crippen LogP contribution in [0.1, 0.15) is 75.0 Å². The van der Waals surface area contributed by atoms with Crippen LogP contribution in [-0.4, -0.2) is 0 Å². The van der Waals surface area contributed by atoms with E-state index in [2.05, 4.69) is 90.1 Å². The van der Waals surface area contributed by atoms with Crippen molar-refractivity contribution in [1.29, 1.82) is 0 Å². The lowest BCUT2D eigenvalue weighted by Crippen LogP contribution is -2.15. The van der Waals surface area contributed by atoms with Gasteiger partial charge in [-0.05, 0) is 49.7 Å². The van der Waals surface area contributed by atoms with Gasteiger partial charge in [0.25, 0.3) is 0 Å². The van der Waals surface area contributed by atoms with Crippen LogP contribution in [0.5, 0.6) is 0 Å². The third-order valence-corrected chi connectivity index (χ3v) is 4.53. The van der Waals surface area contributed by atoms with Gasteiger partial charge in [0.15, 0.2) is 0 Å². The molecule has 0 radical (unpaired) electrons. The molecule has 0 aliphatic heterocycles. The SMILES string of the molecule is Cc1cccc(C(CC(C)C)OC(CC(C)C)c2cccc(C)c2)c1. The normalized spacial score (nSPS) is 14.1. The van der Waals surface area contributed by atoms with Gasteiger partial charge in [-0.3, -0.25) is 0 Å². The van der Waals surface area contributed by atoms with Gasteiger partial charge in [-0.25, -0.2) is 0 Å². The summed E-state index contributed by atoms with van der Waals surface area (Å²) in [6, 6.07) is 17.6. The number of hydrogen-bond acceptors (Lipinski definition) is 1. The van der Waals surface area contributed by atoms with E-state index in [-0.39, 0.29) is 12.2 Å². The highest BCUT2D eigenvalue weighted by atomic mass is 16.5. The fraction of sp³-hybridized carbons (Fsp3) is 0.500. The van der Waals surface area contributed by atoms with Crippen LogP contribution >= 0.6 is 0 Å². The van der Waals surface area contributed by atoms with Gasteiger partial charge >= 0.3 is 0 Å². The molecule has 2 atom stereocenters. The van der Waals surface area contributed by atoms with Gasteiger partial charge in [0.1, 0.15) is 0 Å². The minimum atomic E-state index is 0.143. The molecule has 2 unspecified atom stereocenters. The average Bonchev–Trinajstić information content (AvgIpc) is 2.52. The van der Waals surface area contributed by atoms with Crippen LogP contribution in [-0.2, 0) is 4.74 Å². The summed E-state index contributed by atoms with van der Waals surface area (Å²) in [7, 11) is 0.